The summed E-state index contributed by atoms with van der Waals surface area (Å²) in [5, 5.41) is 4.10. The maximum atomic E-state index is 6.06. The van der Waals surface area contributed by atoms with Crippen LogP contribution >= 0.6 is 27.5 Å². The van der Waals surface area contributed by atoms with Gasteiger partial charge in [0.15, 0.2) is 0 Å². The van der Waals surface area contributed by atoms with E-state index in [0.717, 1.165) is 38.7 Å². The summed E-state index contributed by atoms with van der Waals surface area (Å²) in [4.78, 5) is 4.42. The molecule has 1 aromatic heterocycles. The highest BCUT2D eigenvalue weighted by atomic mass is 79.9. The van der Waals surface area contributed by atoms with E-state index >= 15 is 0 Å². The second kappa shape index (κ2) is 5.72. The number of halogens is 2. The molecule has 0 atom stereocenters. The fourth-order valence-corrected chi connectivity index (χ4v) is 2.17. The summed E-state index contributed by atoms with van der Waals surface area (Å²) in [5.74, 6) is 0. The fourth-order valence-electron chi connectivity index (χ4n) is 1.72. The summed E-state index contributed by atoms with van der Waals surface area (Å²) in [7, 11) is 0. The van der Waals surface area contributed by atoms with Crippen LogP contribution in [0.25, 0.3) is 0 Å². The molecule has 1 aromatic carbocycles. The Hall–Kier alpha value is -1.06. The number of pyridine rings is 1. The highest BCUT2D eigenvalue weighted by Crippen LogP contribution is 2.23. The van der Waals surface area contributed by atoms with Crippen LogP contribution in [0.15, 0.2) is 34.8 Å². The van der Waals surface area contributed by atoms with Crippen molar-refractivity contribution in [3.8, 4) is 0 Å². The van der Waals surface area contributed by atoms with Crippen LogP contribution in [0.3, 0.4) is 0 Å². The number of hydrogen-bond acceptors (Lipinski definition) is 2. The zero-order valence-corrected chi connectivity index (χ0v) is 12.6. The van der Waals surface area contributed by atoms with Crippen LogP contribution in [0.4, 0.5) is 5.69 Å². The van der Waals surface area contributed by atoms with E-state index in [1.165, 1.54) is 0 Å². The van der Waals surface area contributed by atoms with E-state index in [-0.39, 0.29) is 0 Å². The van der Waals surface area contributed by atoms with Gasteiger partial charge in [0.05, 0.1) is 16.4 Å². The minimum absolute atomic E-state index is 0.730. The third-order valence-electron chi connectivity index (χ3n) is 2.69. The average Bonchev–Trinajstić information content (AvgIpc) is 2.32. The van der Waals surface area contributed by atoms with E-state index in [4.69, 9.17) is 11.6 Å². The van der Waals surface area contributed by atoms with Crippen molar-refractivity contribution in [3.05, 3.63) is 56.8 Å². The average molecular weight is 326 g/mol. The second-order valence-corrected chi connectivity index (χ2v) is 5.45. The number of aryl methyl sites for hydroxylation is 2. The normalized spacial score (nSPS) is 10.4. The molecule has 0 radical (unpaired) electrons. The molecule has 18 heavy (non-hydrogen) atoms. The molecule has 0 aliphatic carbocycles. The number of rotatable bonds is 3. The molecule has 0 fully saturated rings. The highest BCUT2D eigenvalue weighted by molar-refractivity contribution is 9.10. The Morgan fingerprint density at radius 1 is 1.22 bits per heavy atom. The maximum Gasteiger partial charge on any atom is 0.0606 e. The zero-order valence-electron chi connectivity index (χ0n) is 10.3. The second-order valence-electron chi connectivity index (χ2n) is 4.19. The predicted octanol–water partition coefficient (Wildman–Crippen LogP) is 4.73. The van der Waals surface area contributed by atoms with Gasteiger partial charge in [-0.2, -0.15) is 0 Å². The predicted molar refractivity (Wildman–Crippen MR) is 80.2 cm³/mol. The van der Waals surface area contributed by atoms with E-state index in [0.29, 0.717) is 0 Å². The molecule has 0 amide bonds. The maximum absolute atomic E-state index is 6.06. The van der Waals surface area contributed by atoms with Crippen LogP contribution in [0.5, 0.6) is 0 Å². The molecule has 0 aliphatic heterocycles. The first-order valence-corrected chi connectivity index (χ1v) is 6.85. The van der Waals surface area contributed by atoms with Crippen LogP contribution in [-0.4, -0.2) is 4.98 Å². The van der Waals surface area contributed by atoms with Crippen LogP contribution in [0, 0.1) is 13.8 Å². The van der Waals surface area contributed by atoms with E-state index in [1.807, 2.05) is 38.1 Å². The summed E-state index contributed by atoms with van der Waals surface area (Å²) in [6, 6.07) is 10.0. The van der Waals surface area contributed by atoms with Gasteiger partial charge in [0.2, 0.25) is 0 Å². The van der Waals surface area contributed by atoms with Gasteiger partial charge in [0, 0.05) is 16.7 Å². The topological polar surface area (TPSA) is 24.9 Å². The van der Waals surface area contributed by atoms with Crippen molar-refractivity contribution in [1.29, 1.82) is 0 Å². The molecule has 0 unspecified atom stereocenters. The lowest BCUT2D eigenvalue weighted by molar-refractivity contribution is 1.08. The summed E-state index contributed by atoms with van der Waals surface area (Å²) in [6.45, 7) is 4.73. The molecule has 1 heterocycles. The summed E-state index contributed by atoms with van der Waals surface area (Å²) in [5.41, 5.74) is 4.24. The molecule has 94 valence electrons. The van der Waals surface area contributed by atoms with Crippen LogP contribution in [0.1, 0.15) is 17.0 Å². The Bertz CT molecular complexity index is 570. The van der Waals surface area contributed by atoms with E-state index < -0.39 is 0 Å². The Kier molecular flexibility index (Phi) is 4.25. The van der Waals surface area contributed by atoms with Crippen LogP contribution in [0.2, 0.25) is 5.02 Å². The van der Waals surface area contributed by atoms with Gasteiger partial charge in [-0.15, -0.1) is 0 Å². The first-order valence-electron chi connectivity index (χ1n) is 5.68. The van der Waals surface area contributed by atoms with E-state index in [9.17, 15) is 0 Å². The largest absolute Gasteiger partial charge is 0.380 e. The number of hydrogen-bond donors (Lipinski definition) is 1. The van der Waals surface area contributed by atoms with Crippen molar-refractivity contribution in [3.63, 3.8) is 0 Å². The number of nitrogens with one attached hydrogen (secondary N) is 1. The molecule has 0 spiro atoms. The third kappa shape index (κ3) is 3.24. The lowest BCUT2D eigenvalue weighted by atomic mass is 10.2. The van der Waals surface area contributed by atoms with E-state index in [1.54, 1.807) is 0 Å². The molecular weight excluding hydrogens is 312 g/mol. The van der Waals surface area contributed by atoms with Gasteiger partial charge in [-0.1, -0.05) is 17.7 Å². The molecular formula is C14H14BrClN2. The third-order valence-corrected chi connectivity index (χ3v) is 3.92. The zero-order chi connectivity index (χ0) is 13.1. The minimum Gasteiger partial charge on any atom is -0.380 e. The molecule has 0 saturated heterocycles. The van der Waals surface area contributed by atoms with Gasteiger partial charge in [-0.25, -0.2) is 0 Å². The van der Waals surface area contributed by atoms with Gasteiger partial charge < -0.3 is 5.32 Å². The fraction of sp³-hybridized carbons (Fsp3) is 0.214. The van der Waals surface area contributed by atoms with Gasteiger partial charge in [-0.05, 0) is 59.6 Å². The number of aromatic nitrogens is 1. The minimum atomic E-state index is 0.730. The van der Waals surface area contributed by atoms with E-state index in [2.05, 4.69) is 32.3 Å². The monoisotopic (exact) mass is 324 g/mol. The molecule has 4 heteroatoms. The summed E-state index contributed by atoms with van der Waals surface area (Å²) < 4.78 is 0.918. The first-order chi connectivity index (χ1) is 8.56. The van der Waals surface area contributed by atoms with Gasteiger partial charge in [0.1, 0.15) is 0 Å². The van der Waals surface area contributed by atoms with Crippen molar-refractivity contribution in [2.24, 2.45) is 0 Å². The standard InChI is InChI=1S/C14H14BrClN2/c1-9-3-6-14(10(2)18-9)17-8-11-4-5-12(15)13(16)7-11/h3-7,17H,8H2,1-2H3. The SMILES string of the molecule is Cc1ccc(NCc2ccc(Br)c(Cl)c2)c(C)n1. The molecule has 0 bridgehead atoms. The van der Waals surface area contributed by atoms with Crippen molar-refractivity contribution in [2.45, 2.75) is 20.4 Å². The smallest absolute Gasteiger partial charge is 0.0606 e. The highest BCUT2D eigenvalue weighted by Gasteiger charge is 2.02. The Morgan fingerprint density at radius 2 is 2.00 bits per heavy atom. The first kappa shape index (κ1) is 13.4. The summed E-state index contributed by atoms with van der Waals surface area (Å²) >= 11 is 9.44. The van der Waals surface area contributed by atoms with Gasteiger partial charge >= 0.3 is 0 Å². The lowest BCUT2D eigenvalue weighted by Crippen LogP contribution is -2.02. The van der Waals surface area contributed by atoms with Crippen LogP contribution < -0.4 is 5.32 Å². The Morgan fingerprint density at radius 3 is 2.67 bits per heavy atom. The van der Waals surface area contributed by atoms with Crippen molar-refractivity contribution in [2.75, 3.05) is 5.32 Å². The van der Waals surface area contributed by atoms with Crippen LogP contribution in [-0.2, 0) is 6.54 Å². The Balaban J connectivity index is 2.09. The van der Waals surface area contributed by atoms with Crippen molar-refractivity contribution >= 4 is 33.2 Å². The Labute approximate surface area is 121 Å². The van der Waals surface area contributed by atoms with Gasteiger partial charge in [-0.3, -0.25) is 4.98 Å². The van der Waals surface area contributed by atoms with Crippen molar-refractivity contribution < 1.29 is 0 Å². The van der Waals surface area contributed by atoms with Gasteiger partial charge in [0.25, 0.3) is 0 Å². The summed E-state index contributed by atoms with van der Waals surface area (Å²) in [6.07, 6.45) is 0. The number of anilines is 1. The quantitative estimate of drug-likeness (QED) is 0.882. The molecule has 0 aliphatic rings. The molecule has 0 saturated carbocycles. The molecule has 2 nitrogen and oxygen atoms in total. The molecule has 1 N–H and O–H groups in total. The molecule has 2 rings (SSSR count). The number of benzene rings is 1. The number of nitrogens with zero attached hydrogens (tertiary/aromatic N) is 1. The molecule has 2 aromatic rings. The van der Waals surface area contributed by atoms with Crippen molar-refractivity contribution in [1.82, 2.24) is 4.98 Å². The lowest BCUT2D eigenvalue weighted by Gasteiger charge is -2.10.